The molecular formula is C25H20F2N2O2. The number of nitrogens with zero attached hydrogens (tertiary/aromatic N) is 2. The van der Waals surface area contributed by atoms with Gasteiger partial charge in [0.1, 0.15) is 17.3 Å². The van der Waals surface area contributed by atoms with E-state index in [1.54, 1.807) is 17.1 Å². The number of hydrazone groups is 1. The Balaban J connectivity index is 1.86. The highest BCUT2D eigenvalue weighted by molar-refractivity contribution is 6.45. The maximum atomic E-state index is 13.5. The van der Waals surface area contributed by atoms with Gasteiger partial charge >= 0.3 is 0 Å². The summed E-state index contributed by atoms with van der Waals surface area (Å²) in [6, 6.07) is 18.0. The Morgan fingerprint density at radius 2 is 1.39 bits per heavy atom. The van der Waals surface area contributed by atoms with E-state index in [-0.39, 0.29) is 17.3 Å². The van der Waals surface area contributed by atoms with E-state index in [1.165, 1.54) is 43.3 Å². The average molecular weight is 418 g/mol. The molecule has 0 radical (unpaired) electrons. The van der Waals surface area contributed by atoms with Crippen LogP contribution in [0.15, 0.2) is 77.9 Å². The first-order valence-electron chi connectivity index (χ1n) is 9.86. The lowest BCUT2D eigenvalue weighted by Gasteiger charge is -2.28. The van der Waals surface area contributed by atoms with Crippen LogP contribution in [0.2, 0.25) is 0 Å². The molecule has 0 fully saturated rings. The molecule has 2 unspecified atom stereocenters. The number of rotatable bonds is 5. The van der Waals surface area contributed by atoms with Gasteiger partial charge in [-0.2, -0.15) is 5.10 Å². The van der Waals surface area contributed by atoms with Crippen molar-refractivity contribution in [3.63, 3.8) is 0 Å². The largest absolute Gasteiger partial charge is 0.293 e. The molecule has 3 aromatic carbocycles. The SMILES string of the molecule is CC(=O)C1=NN(c2ccc(F)cc2)C(c2ccc(C)cc2)C1C(=O)c1ccc(F)cc1. The minimum absolute atomic E-state index is 0.115. The van der Waals surface area contributed by atoms with Crippen LogP contribution in [0, 0.1) is 24.5 Å². The third kappa shape index (κ3) is 4.01. The summed E-state index contributed by atoms with van der Waals surface area (Å²) in [7, 11) is 0. The molecule has 3 aromatic rings. The summed E-state index contributed by atoms with van der Waals surface area (Å²) in [5, 5.41) is 6.09. The topological polar surface area (TPSA) is 49.7 Å². The highest BCUT2D eigenvalue weighted by atomic mass is 19.1. The van der Waals surface area contributed by atoms with Gasteiger partial charge in [0.2, 0.25) is 0 Å². The molecule has 4 rings (SSSR count). The molecule has 0 aromatic heterocycles. The minimum Gasteiger partial charge on any atom is -0.293 e. The van der Waals surface area contributed by atoms with Gasteiger partial charge in [-0.25, -0.2) is 8.78 Å². The fourth-order valence-electron chi connectivity index (χ4n) is 3.79. The summed E-state index contributed by atoms with van der Waals surface area (Å²) >= 11 is 0. The van der Waals surface area contributed by atoms with Gasteiger partial charge in [-0.15, -0.1) is 0 Å². The average Bonchev–Trinajstić information content (AvgIpc) is 3.16. The van der Waals surface area contributed by atoms with E-state index < -0.39 is 23.6 Å². The van der Waals surface area contributed by atoms with Crippen molar-refractivity contribution in [2.24, 2.45) is 11.0 Å². The highest BCUT2D eigenvalue weighted by Crippen LogP contribution is 2.41. The molecule has 156 valence electrons. The molecule has 0 saturated carbocycles. The van der Waals surface area contributed by atoms with Crippen molar-refractivity contribution in [1.82, 2.24) is 0 Å². The van der Waals surface area contributed by atoms with Gasteiger partial charge in [0.25, 0.3) is 0 Å². The molecule has 6 heteroatoms. The maximum absolute atomic E-state index is 13.5. The van der Waals surface area contributed by atoms with E-state index in [0.29, 0.717) is 11.3 Å². The number of carbonyl (C=O) groups is 2. The van der Waals surface area contributed by atoms with Crippen molar-refractivity contribution in [1.29, 1.82) is 0 Å². The van der Waals surface area contributed by atoms with Crippen molar-refractivity contribution in [3.8, 4) is 0 Å². The molecule has 1 aliphatic rings. The minimum atomic E-state index is -0.893. The monoisotopic (exact) mass is 418 g/mol. The van der Waals surface area contributed by atoms with Crippen molar-refractivity contribution in [3.05, 3.63) is 101 Å². The lowest BCUT2D eigenvalue weighted by molar-refractivity contribution is -0.111. The Hall–Kier alpha value is -3.67. The van der Waals surface area contributed by atoms with Crippen LogP contribution < -0.4 is 5.01 Å². The van der Waals surface area contributed by atoms with Gasteiger partial charge < -0.3 is 0 Å². The summed E-state index contributed by atoms with van der Waals surface area (Å²) in [5.41, 5.74) is 2.79. The smallest absolute Gasteiger partial charge is 0.176 e. The molecule has 2 atom stereocenters. The van der Waals surface area contributed by atoms with Crippen molar-refractivity contribution in [2.45, 2.75) is 19.9 Å². The van der Waals surface area contributed by atoms with Crippen LogP contribution in [0.25, 0.3) is 0 Å². The fraction of sp³-hybridized carbons (Fsp3) is 0.160. The number of ketones is 2. The first-order chi connectivity index (χ1) is 14.8. The van der Waals surface area contributed by atoms with Crippen LogP contribution in [0.4, 0.5) is 14.5 Å². The van der Waals surface area contributed by atoms with Crippen LogP contribution in [0.5, 0.6) is 0 Å². The normalized spacial score (nSPS) is 18.1. The predicted molar refractivity (Wildman–Crippen MR) is 115 cm³/mol. The molecule has 0 bridgehead atoms. The number of Topliss-reactive ketones (excluding diaryl/α,β-unsaturated/α-hetero) is 2. The molecule has 1 aliphatic heterocycles. The molecule has 0 saturated heterocycles. The first-order valence-corrected chi connectivity index (χ1v) is 9.86. The highest BCUT2D eigenvalue weighted by Gasteiger charge is 2.45. The molecule has 4 nitrogen and oxygen atoms in total. The van der Waals surface area contributed by atoms with Crippen molar-refractivity contribution in [2.75, 3.05) is 5.01 Å². The number of hydrogen-bond acceptors (Lipinski definition) is 4. The van der Waals surface area contributed by atoms with Crippen molar-refractivity contribution < 1.29 is 18.4 Å². The Labute approximate surface area is 178 Å². The second-order valence-electron chi connectivity index (χ2n) is 7.57. The second kappa shape index (κ2) is 8.22. The van der Waals surface area contributed by atoms with E-state index in [0.717, 1.165) is 11.1 Å². The summed E-state index contributed by atoms with van der Waals surface area (Å²) < 4.78 is 26.9. The first kappa shape index (κ1) is 20.6. The molecule has 0 amide bonds. The van der Waals surface area contributed by atoms with Gasteiger partial charge in [-0.05, 0) is 61.0 Å². The molecule has 31 heavy (non-hydrogen) atoms. The van der Waals surface area contributed by atoms with E-state index in [1.807, 2.05) is 31.2 Å². The molecule has 0 N–H and O–H groups in total. The quantitative estimate of drug-likeness (QED) is 0.530. The standard InChI is InChI=1S/C25H20F2N2O2/c1-15-3-5-17(6-4-15)24-22(25(31)18-7-9-19(26)10-8-18)23(16(2)30)28-29(24)21-13-11-20(27)12-14-21/h3-14,22,24H,1-2H3. The molecular weight excluding hydrogens is 398 g/mol. The summed E-state index contributed by atoms with van der Waals surface area (Å²) in [4.78, 5) is 26.0. The summed E-state index contributed by atoms with van der Waals surface area (Å²) in [6.07, 6.45) is 0. The Bertz CT molecular complexity index is 1150. The van der Waals surface area contributed by atoms with Crippen LogP contribution in [-0.4, -0.2) is 17.3 Å². The van der Waals surface area contributed by atoms with Crippen LogP contribution in [0.3, 0.4) is 0 Å². The van der Waals surface area contributed by atoms with E-state index >= 15 is 0 Å². The number of benzene rings is 3. The predicted octanol–water partition coefficient (Wildman–Crippen LogP) is 5.28. The Kier molecular flexibility index (Phi) is 5.46. The summed E-state index contributed by atoms with van der Waals surface area (Å²) in [5.74, 6) is -2.40. The zero-order valence-electron chi connectivity index (χ0n) is 17.0. The zero-order valence-corrected chi connectivity index (χ0v) is 17.0. The van der Waals surface area contributed by atoms with Gasteiger partial charge in [0.15, 0.2) is 11.6 Å². The van der Waals surface area contributed by atoms with Crippen LogP contribution >= 0.6 is 0 Å². The van der Waals surface area contributed by atoms with Gasteiger partial charge in [0, 0.05) is 12.5 Å². The van der Waals surface area contributed by atoms with Gasteiger partial charge in [-0.3, -0.25) is 14.6 Å². The molecule has 0 aliphatic carbocycles. The zero-order chi connectivity index (χ0) is 22.1. The third-order valence-corrected chi connectivity index (χ3v) is 5.37. The Morgan fingerprint density at radius 1 is 0.839 bits per heavy atom. The summed E-state index contributed by atoms with van der Waals surface area (Å²) in [6.45, 7) is 3.32. The lowest BCUT2D eigenvalue weighted by atomic mass is 9.82. The van der Waals surface area contributed by atoms with E-state index in [4.69, 9.17) is 0 Å². The fourth-order valence-corrected chi connectivity index (χ4v) is 3.79. The molecule has 0 spiro atoms. The van der Waals surface area contributed by atoms with Gasteiger partial charge in [0.05, 0.1) is 17.6 Å². The number of hydrogen-bond donors (Lipinski definition) is 0. The van der Waals surface area contributed by atoms with E-state index in [2.05, 4.69) is 5.10 Å². The molecule has 1 heterocycles. The number of anilines is 1. The van der Waals surface area contributed by atoms with Crippen LogP contribution in [-0.2, 0) is 4.79 Å². The lowest BCUT2D eigenvalue weighted by Crippen LogP contribution is -2.33. The van der Waals surface area contributed by atoms with E-state index in [9.17, 15) is 18.4 Å². The third-order valence-electron chi connectivity index (χ3n) is 5.37. The second-order valence-corrected chi connectivity index (χ2v) is 7.57. The number of aryl methyl sites for hydroxylation is 1. The number of carbonyl (C=O) groups excluding carboxylic acids is 2. The Morgan fingerprint density at radius 3 is 1.94 bits per heavy atom. The van der Waals surface area contributed by atoms with Gasteiger partial charge in [-0.1, -0.05) is 29.8 Å². The van der Waals surface area contributed by atoms with Crippen LogP contribution in [0.1, 0.15) is 34.5 Å². The number of halogens is 2. The van der Waals surface area contributed by atoms with Crippen molar-refractivity contribution >= 4 is 23.0 Å². The maximum Gasteiger partial charge on any atom is 0.176 e.